The highest BCUT2D eigenvalue weighted by atomic mass is 19.4. The largest absolute Gasteiger partial charge is 0.497 e. The lowest BCUT2D eigenvalue weighted by Gasteiger charge is -2.20. The van der Waals surface area contributed by atoms with Crippen molar-refractivity contribution >= 4 is 17.5 Å². The summed E-state index contributed by atoms with van der Waals surface area (Å²) in [6.07, 6.45) is -1.36. The van der Waals surface area contributed by atoms with Crippen LogP contribution in [0.3, 0.4) is 0 Å². The molecule has 10 heteroatoms. The quantitative estimate of drug-likeness (QED) is 0.563. The smallest absolute Gasteiger partial charge is 0.416 e. The number of aliphatic hydroxyl groups excluding tert-OH is 1. The van der Waals surface area contributed by atoms with E-state index in [9.17, 15) is 18.3 Å². The molecule has 3 heterocycles. The lowest BCUT2D eigenvalue weighted by molar-refractivity contribution is -0.137. The maximum absolute atomic E-state index is 13.2. The number of ether oxygens (including phenoxy) is 1. The number of halogens is 3. The van der Waals surface area contributed by atoms with Gasteiger partial charge in [-0.05, 0) is 24.3 Å². The van der Waals surface area contributed by atoms with Crippen molar-refractivity contribution in [1.29, 1.82) is 0 Å². The van der Waals surface area contributed by atoms with Crippen LogP contribution in [0.15, 0.2) is 42.7 Å². The maximum atomic E-state index is 13.2. The van der Waals surface area contributed by atoms with Gasteiger partial charge in [0.15, 0.2) is 0 Å². The van der Waals surface area contributed by atoms with E-state index in [2.05, 4.69) is 25.6 Å². The van der Waals surface area contributed by atoms with Gasteiger partial charge in [0.1, 0.15) is 11.6 Å². The van der Waals surface area contributed by atoms with Crippen LogP contribution >= 0.6 is 0 Å². The minimum absolute atomic E-state index is 0.0356. The lowest BCUT2D eigenvalue weighted by Crippen LogP contribution is -2.28. The number of benzene rings is 1. The highest BCUT2D eigenvalue weighted by molar-refractivity contribution is 5.67. The van der Waals surface area contributed by atoms with E-state index in [0.29, 0.717) is 23.6 Å². The van der Waals surface area contributed by atoms with Crippen LogP contribution in [0.2, 0.25) is 0 Å². The first kappa shape index (κ1) is 20.9. The second-order valence-corrected chi connectivity index (χ2v) is 7.53. The molecule has 1 aliphatic rings. The van der Waals surface area contributed by atoms with Gasteiger partial charge in [-0.1, -0.05) is 6.92 Å². The lowest BCUT2D eigenvalue weighted by atomic mass is 9.85. The molecule has 1 unspecified atom stereocenters. The van der Waals surface area contributed by atoms with Crippen LogP contribution in [0.5, 0.6) is 5.75 Å². The molecule has 1 aromatic carbocycles. The number of aromatic nitrogens is 3. The molecule has 3 N–H and O–H groups in total. The number of fused-ring (bicyclic) bond motifs is 1. The van der Waals surface area contributed by atoms with Gasteiger partial charge in [0, 0.05) is 47.2 Å². The first-order valence-corrected chi connectivity index (χ1v) is 9.44. The molecule has 4 rings (SSSR count). The molecule has 0 amide bonds. The van der Waals surface area contributed by atoms with Crippen LogP contribution in [-0.2, 0) is 11.6 Å². The van der Waals surface area contributed by atoms with Gasteiger partial charge >= 0.3 is 6.18 Å². The minimum Gasteiger partial charge on any atom is -0.497 e. The topological polar surface area (TPSA) is 92.2 Å². The second kappa shape index (κ2) is 7.69. The van der Waals surface area contributed by atoms with Crippen LogP contribution in [0.1, 0.15) is 18.1 Å². The van der Waals surface area contributed by atoms with Gasteiger partial charge in [0.05, 0.1) is 25.0 Å². The molecule has 0 fully saturated rings. The molecule has 0 radical (unpaired) electrons. The van der Waals surface area contributed by atoms with Crippen molar-refractivity contribution in [3.63, 3.8) is 0 Å². The van der Waals surface area contributed by atoms with E-state index in [1.165, 1.54) is 19.4 Å². The summed E-state index contributed by atoms with van der Waals surface area (Å²) in [5.41, 5.74) is 0.967. The Labute approximate surface area is 176 Å². The fourth-order valence-electron chi connectivity index (χ4n) is 3.38. The van der Waals surface area contributed by atoms with Gasteiger partial charge in [0.2, 0.25) is 5.95 Å². The van der Waals surface area contributed by atoms with E-state index in [4.69, 9.17) is 4.74 Å². The summed E-state index contributed by atoms with van der Waals surface area (Å²) < 4.78 is 44.5. The van der Waals surface area contributed by atoms with E-state index in [1.807, 2.05) is 13.0 Å². The van der Waals surface area contributed by atoms with Gasteiger partial charge in [-0.25, -0.2) is 15.0 Å². The van der Waals surface area contributed by atoms with Gasteiger partial charge in [-0.15, -0.1) is 0 Å². The first-order valence-electron chi connectivity index (χ1n) is 9.44. The van der Waals surface area contributed by atoms with Gasteiger partial charge < -0.3 is 20.5 Å². The predicted octanol–water partition coefficient (Wildman–Crippen LogP) is 3.99. The Morgan fingerprint density at radius 2 is 2.03 bits per heavy atom. The molecule has 0 spiro atoms. The fraction of sp³-hybridized carbons (Fsp3) is 0.286. The monoisotopic (exact) mass is 431 g/mol. The number of nitrogens with one attached hydrogen (secondary N) is 2. The van der Waals surface area contributed by atoms with Crippen LogP contribution in [-0.4, -0.2) is 40.3 Å². The number of methoxy groups -OCH3 is 1. The summed E-state index contributed by atoms with van der Waals surface area (Å²) in [7, 11) is 1.30. The Bertz CT molecular complexity index is 1120. The SMILES string of the molecule is COc1cc(Nc2nccc(-c3cnc4c(c3)C(C)(CO)CN4)n2)cc(C(F)(F)F)c1. The van der Waals surface area contributed by atoms with Gasteiger partial charge in [-0.2, -0.15) is 13.2 Å². The standard InChI is InChI=1S/C21H20F3N5O2/c1-20(11-30)10-27-18-16(20)5-12(9-26-18)17-3-4-25-19(29-17)28-14-6-13(21(22,23)24)7-15(8-14)31-2/h3-9,30H,10-11H2,1-2H3,(H,26,27)(H,25,28,29). The summed E-state index contributed by atoms with van der Waals surface area (Å²) in [6, 6.07) is 6.90. The third-order valence-electron chi connectivity index (χ3n) is 5.21. The number of anilines is 3. The summed E-state index contributed by atoms with van der Waals surface area (Å²) >= 11 is 0. The number of hydrogen-bond acceptors (Lipinski definition) is 7. The molecule has 162 valence electrons. The third-order valence-corrected chi connectivity index (χ3v) is 5.21. The normalized spacial score (nSPS) is 17.7. The Morgan fingerprint density at radius 3 is 2.74 bits per heavy atom. The molecule has 2 aromatic heterocycles. The second-order valence-electron chi connectivity index (χ2n) is 7.53. The number of hydrogen-bond donors (Lipinski definition) is 3. The molecule has 1 atom stereocenters. The molecule has 0 bridgehead atoms. The van der Waals surface area contributed by atoms with Crippen molar-refractivity contribution in [3.8, 4) is 17.0 Å². The highest BCUT2D eigenvalue weighted by Gasteiger charge is 2.35. The fourth-order valence-corrected chi connectivity index (χ4v) is 3.38. The summed E-state index contributed by atoms with van der Waals surface area (Å²) in [5.74, 6) is 0.901. The number of aliphatic hydroxyl groups is 1. The van der Waals surface area contributed by atoms with Gasteiger partial charge in [-0.3, -0.25) is 0 Å². The zero-order valence-electron chi connectivity index (χ0n) is 16.8. The van der Waals surface area contributed by atoms with Crippen molar-refractivity contribution in [3.05, 3.63) is 53.9 Å². The third kappa shape index (κ3) is 4.11. The Hall–Kier alpha value is -3.40. The van der Waals surface area contributed by atoms with E-state index in [0.717, 1.165) is 17.7 Å². The minimum atomic E-state index is -4.52. The Kier molecular flexibility index (Phi) is 5.18. The number of nitrogens with zero attached hydrogens (tertiary/aromatic N) is 3. The van der Waals surface area contributed by atoms with E-state index in [1.54, 1.807) is 12.3 Å². The van der Waals surface area contributed by atoms with Crippen molar-refractivity contribution in [1.82, 2.24) is 15.0 Å². The van der Waals surface area contributed by atoms with Crippen LogP contribution in [0.25, 0.3) is 11.3 Å². The first-order chi connectivity index (χ1) is 14.7. The average molecular weight is 431 g/mol. The molecule has 7 nitrogen and oxygen atoms in total. The molecule has 1 aliphatic heterocycles. The van der Waals surface area contributed by atoms with Crippen LogP contribution in [0, 0.1) is 0 Å². The highest BCUT2D eigenvalue weighted by Crippen LogP contribution is 2.37. The van der Waals surface area contributed by atoms with Crippen molar-refractivity contribution < 1.29 is 23.0 Å². The zero-order chi connectivity index (χ0) is 22.2. The van der Waals surface area contributed by atoms with Crippen molar-refractivity contribution in [2.24, 2.45) is 0 Å². The predicted molar refractivity (Wildman–Crippen MR) is 109 cm³/mol. The number of alkyl halides is 3. The van der Waals surface area contributed by atoms with Gasteiger partial charge in [0.25, 0.3) is 0 Å². The molecular formula is C21H20F3N5O2. The molecule has 0 aliphatic carbocycles. The summed E-state index contributed by atoms with van der Waals surface area (Å²) in [6.45, 7) is 2.47. The van der Waals surface area contributed by atoms with Crippen molar-refractivity contribution in [2.45, 2.75) is 18.5 Å². The molecular weight excluding hydrogens is 411 g/mol. The van der Waals surface area contributed by atoms with E-state index < -0.39 is 17.2 Å². The number of pyridine rings is 1. The molecule has 0 saturated carbocycles. The average Bonchev–Trinajstić information content (AvgIpc) is 3.10. The van der Waals surface area contributed by atoms with Crippen molar-refractivity contribution in [2.75, 3.05) is 30.9 Å². The molecule has 31 heavy (non-hydrogen) atoms. The van der Waals surface area contributed by atoms with E-state index in [-0.39, 0.29) is 24.0 Å². The zero-order valence-corrected chi connectivity index (χ0v) is 16.8. The van der Waals surface area contributed by atoms with E-state index >= 15 is 0 Å². The molecule has 3 aromatic rings. The summed E-state index contributed by atoms with van der Waals surface area (Å²) in [4.78, 5) is 12.9. The maximum Gasteiger partial charge on any atom is 0.416 e. The molecule has 0 saturated heterocycles. The van der Waals surface area contributed by atoms with Crippen LogP contribution in [0.4, 0.5) is 30.6 Å². The Balaban J connectivity index is 1.66. The summed E-state index contributed by atoms with van der Waals surface area (Å²) in [5, 5.41) is 15.7. The Morgan fingerprint density at radius 1 is 1.23 bits per heavy atom. The number of rotatable bonds is 5. The van der Waals surface area contributed by atoms with Crippen LogP contribution < -0.4 is 15.4 Å².